The van der Waals surface area contributed by atoms with Gasteiger partial charge >= 0.3 is 0 Å². The van der Waals surface area contributed by atoms with Crippen molar-refractivity contribution < 1.29 is 14.3 Å². The van der Waals surface area contributed by atoms with Gasteiger partial charge in [0.05, 0.1) is 38.0 Å². The molecule has 2 N–H and O–H groups in total. The minimum Gasteiger partial charge on any atom is -0.493 e. The van der Waals surface area contributed by atoms with Crippen LogP contribution in [0, 0.1) is 0 Å². The molecule has 1 aliphatic heterocycles. The lowest BCUT2D eigenvalue weighted by Gasteiger charge is -2.33. The number of carbonyl (C=O) groups excluding carboxylic acids is 1. The topological polar surface area (TPSA) is 77.4 Å². The fourth-order valence-electron chi connectivity index (χ4n) is 3.31. The molecule has 1 fully saturated rings. The number of imidazole rings is 1. The Morgan fingerprint density at radius 1 is 1.38 bits per heavy atom. The minimum atomic E-state index is -0.0895. The highest BCUT2D eigenvalue weighted by molar-refractivity contribution is 5.77. The summed E-state index contributed by atoms with van der Waals surface area (Å²) in [5, 5.41) is 6.67. The lowest BCUT2D eigenvalue weighted by Crippen LogP contribution is -2.48. The molecule has 0 saturated carbocycles. The van der Waals surface area contributed by atoms with Crippen LogP contribution in [0.2, 0.25) is 0 Å². The first-order chi connectivity index (χ1) is 12.6. The molecule has 26 heavy (non-hydrogen) atoms. The number of benzene rings is 1. The molecule has 1 aromatic heterocycles. The van der Waals surface area contributed by atoms with Crippen LogP contribution in [0.25, 0.3) is 0 Å². The van der Waals surface area contributed by atoms with Crippen LogP contribution in [0.5, 0.6) is 11.5 Å². The van der Waals surface area contributed by atoms with Crippen LogP contribution in [0.1, 0.15) is 37.1 Å². The summed E-state index contributed by atoms with van der Waals surface area (Å²) < 4.78 is 12.9. The van der Waals surface area contributed by atoms with E-state index in [1.54, 1.807) is 13.4 Å². The molecule has 2 aromatic rings. The number of rotatable bonds is 7. The number of hydrogen-bond acceptors (Lipinski definition) is 5. The molecule has 0 radical (unpaired) electrons. The average molecular weight is 358 g/mol. The van der Waals surface area contributed by atoms with E-state index in [-0.39, 0.29) is 18.0 Å². The van der Waals surface area contributed by atoms with Crippen molar-refractivity contribution in [2.24, 2.45) is 7.05 Å². The number of aromatic nitrogens is 2. The van der Waals surface area contributed by atoms with Gasteiger partial charge in [-0.25, -0.2) is 4.98 Å². The van der Waals surface area contributed by atoms with Crippen molar-refractivity contribution in [3.63, 3.8) is 0 Å². The van der Waals surface area contributed by atoms with Crippen molar-refractivity contribution in [2.45, 2.75) is 38.4 Å². The van der Waals surface area contributed by atoms with Crippen LogP contribution in [0.15, 0.2) is 30.7 Å². The molecule has 7 heteroatoms. The fourth-order valence-corrected chi connectivity index (χ4v) is 3.31. The van der Waals surface area contributed by atoms with Gasteiger partial charge in [0.2, 0.25) is 5.91 Å². The second kappa shape index (κ2) is 8.23. The predicted octanol–water partition coefficient (Wildman–Crippen LogP) is 1.94. The Morgan fingerprint density at radius 3 is 2.92 bits per heavy atom. The third-order valence-corrected chi connectivity index (χ3v) is 4.67. The Morgan fingerprint density at radius 2 is 2.23 bits per heavy atom. The van der Waals surface area contributed by atoms with Crippen LogP contribution < -0.4 is 20.1 Å². The first-order valence-corrected chi connectivity index (χ1v) is 8.91. The van der Waals surface area contributed by atoms with Gasteiger partial charge in [0, 0.05) is 26.1 Å². The van der Waals surface area contributed by atoms with Crippen molar-refractivity contribution in [3.05, 3.63) is 42.0 Å². The smallest absolute Gasteiger partial charge is 0.220 e. The quantitative estimate of drug-likeness (QED) is 0.791. The van der Waals surface area contributed by atoms with Crippen molar-refractivity contribution in [1.29, 1.82) is 0 Å². The maximum Gasteiger partial charge on any atom is 0.220 e. The first kappa shape index (κ1) is 18.3. The summed E-state index contributed by atoms with van der Waals surface area (Å²) in [4.78, 5) is 16.1. The van der Waals surface area contributed by atoms with Gasteiger partial charge in [-0.15, -0.1) is 0 Å². The number of nitrogens with zero attached hydrogens (tertiary/aromatic N) is 2. The molecular formula is C19H26N4O3. The van der Waals surface area contributed by atoms with Gasteiger partial charge in [-0.05, 0) is 31.0 Å². The standard InChI is InChI=1S/C19H26N4O3/c1-4-26-17-9-13(5-7-16(17)25-3)10-21-14-6-8-18(24)22-19(14)15-11-20-12-23(15)2/h5,7,9,11-12,14,19,21H,4,6,8,10H2,1-3H3,(H,22,24)/t14-,19-/m1/s1. The molecule has 0 spiro atoms. The number of piperidine rings is 1. The van der Waals surface area contributed by atoms with Crippen LogP contribution >= 0.6 is 0 Å². The summed E-state index contributed by atoms with van der Waals surface area (Å²) in [6, 6.07) is 5.99. The highest BCUT2D eigenvalue weighted by Gasteiger charge is 2.31. The van der Waals surface area contributed by atoms with E-state index in [1.165, 1.54) is 0 Å². The minimum absolute atomic E-state index is 0.0809. The predicted molar refractivity (Wildman–Crippen MR) is 98.1 cm³/mol. The number of methoxy groups -OCH3 is 1. The molecule has 1 amide bonds. The molecule has 1 aromatic carbocycles. The van der Waals surface area contributed by atoms with Crippen LogP contribution in [0.3, 0.4) is 0 Å². The van der Waals surface area contributed by atoms with E-state index in [4.69, 9.17) is 9.47 Å². The van der Waals surface area contributed by atoms with Gasteiger partial charge in [0.25, 0.3) is 0 Å². The van der Waals surface area contributed by atoms with E-state index in [1.807, 2.05) is 42.9 Å². The van der Waals surface area contributed by atoms with Gasteiger partial charge in [0.15, 0.2) is 11.5 Å². The van der Waals surface area contributed by atoms with Crippen molar-refractivity contribution >= 4 is 5.91 Å². The number of hydrogen-bond donors (Lipinski definition) is 2. The number of aryl methyl sites for hydroxylation is 1. The van der Waals surface area contributed by atoms with Gasteiger partial charge in [-0.3, -0.25) is 4.79 Å². The zero-order valence-corrected chi connectivity index (χ0v) is 15.5. The first-order valence-electron chi connectivity index (χ1n) is 8.91. The lowest BCUT2D eigenvalue weighted by molar-refractivity contribution is -0.124. The Bertz CT molecular complexity index is 759. The summed E-state index contributed by atoms with van der Waals surface area (Å²) in [6.45, 7) is 3.22. The molecule has 140 valence electrons. The highest BCUT2D eigenvalue weighted by Crippen LogP contribution is 2.29. The zero-order valence-electron chi connectivity index (χ0n) is 15.5. The summed E-state index contributed by atoms with van der Waals surface area (Å²) >= 11 is 0. The van der Waals surface area contributed by atoms with E-state index in [9.17, 15) is 4.79 Å². The maximum atomic E-state index is 11.9. The fraction of sp³-hybridized carbons (Fsp3) is 0.474. The normalized spacial score (nSPS) is 19.9. The van der Waals surface area contributed by atoms with Crippen LogP contribution in [-0.4, -0.2) is 35.2 Å². The molecule has 0 aliphatic carbocycles. The second-order valence-electron chi connectivity index (χ2n) is 6.42. The number of amides is 1. The Hall–Kier alpha value is -2.54. The Labute approximate surface area is 153 Å². The van der Waals surface area contributed by atoms with Crippen molar-refractivity contribution in [2.75, 3.05) is 13.7 Å². The third-order valence-electron chi connectivity index (χ3n) is 4.67. The van der Waals surface area contributed by atoms with E-state index in [0.717, 1.165) is 29.2 Å². The van der Waals surface area contributed by atoms with Crippen molar-refractivity contribution in [1.82, 2.24) is 20.2 Å². The largest absolute Gasteiger partial charge is 0.493 e. The molecular weight excluding hydrogens is 332 g/mol. The second-order valence-corrected chi connectivity index (χ2v) is 6.42. The van der Waals surface area contributed by atoms with Gasteiger partial charge < -0.3 is 24.7 Å². The van der Waals surface area contributed by atoms with Gasteiger partial charge in [-0.2, -0.15) is 0 Å². The molecule has 0 bridgehead atoms. The van der Waals surface area contributed by atoms with E-state index in [2.05, 4.69) is 15.6 Å². The Kier molecular flexibility index (Phi) is 5.78. The molecule has 2 atom stereocenters. The lowest BCUT2D eigenvalue weighted by atomic mass is 9.95. The van der Waals surface area contributed by atoms with E-state index >= 15 is 0 Å². The summed E-state index contributed by atoms with van der Waals surface area (Å²) in [7, 11) is 3.58. The van der Waals surface area contributed by atoms with E-state index in [0.29, 0.717) is 19.6 Å². The monoisotopic (exact) mass is 358 g/mol. The molecule has 1 saturated heterocycles. The molecule has 3 rings (SSSR count). The van der Waals surface area contributed by atoms with Gasteiger partial charge in [0.1, 0.15) is 0 Å². The summed E-state index contributed by atoms with van der Waals surface area (Å²) in [6.07, 6.45) is 4.88. The third kappa shape index (κ3) is 3.99. The molecule has 2 heterocycles. The van der Waals surface area contributed by atoms with Crippen molar-refractivity contribution in [3.8, 4) is 11.5 Å². The summed E-state index contributed by atoms with van der Waals surface area (Å²) in [5.41, 5.74) is 2.11. The van der Waals surface area contributed by atoms with Gasteiger partial charge in [-0.1, -0.05) is 6.07 Å². The van der Waals surface area contributed by atoms with Crippen LogP contribution in [-0.2, 0) is 18.4 Å². The number of nitrogens with one attached hydrogen (secondary N) is 2. The zero-order chi connectivity index (χ0) is 18.5. The maximum absolute atomic E-state index is 11.9. The average Bonchev–Trinajstić information content (AvgIpc) is 3.07. The summed E-state index contributed by atoms with van der Waals surface area (Å²) in [5.74, 6) is 1.56. The molecule has 1 aliphatic rings. The Balaban J connectivity index is 1.72. The van der Waals surface area contributed by atoms with Crippen LogP contribution in [0.4, 0.5) is 0 Å². The van der Waals surface area contributed by atoms with E-state index < -0.39 is 0 Å². The molecule has 0 unspecified atom stereocenters. The highest BCUT2D eigenvalue weighted by atomic mass is 16.5. The molecule has 7 nitrogen and oxygen atoms in total. The SMILES string of the molecule is CCOc1cc(CN[C@@H]2CCC(=O)N[C@H]2c2cncn2C)ccc1OC. The number of carbonyl (C=O) groups is 1. The number of ether oxygens (including phenoxy) is 2.